The number of aryl methyl sites for hydroxylation is 1. The van der Waals surface area contributed by atoms with Gasteiger partial charge in [0.15, 0.2) is 0 Å². The average molecular weight is 438 g/mol. The van der Waals surface area contributed by atoms with E-state index in [9.17, 15) is 13.2 Å². The van der Waals surface area contributed by atoms with Crippen LogP contribution in [0.3, 0.4) is 0 Å². The zero-order valence-corrected chi connectivity index (χ0v) is 19.4. The molecule has 0 bridgehead atoms. The molecule has 1 aromatic carbocycles. The number of ether oxygens (including phenoxy) is 1. The second-order valence-corrected chi connectivity index (χ2v) is 10.5. The highest BCUT2D eigenvalue weighted by Crippen LogP contribution is 2.36. The number of carbonyl (C=O) groups excluding carboxylic acids is 1. The molecule has 3 rings (SSSR count). The Morgan fingerprint density at radius 2 is 1.87 bits per heavy atom. The third-order valence-corrected chi connectivity index (χ3v) is 8.54. The van der Waals surface area contributed by atoms with Crippen molar-refractivity contribution in [1.29, 1.82) is 0 Å². The van der Waals surface area contributed by atoms with E-state index in [1.54, 1.807) is 23.5 Å². The summed E-state index contributed by atoms with van der Waals surface area (Å²) >= 11 is 0. The van der Waals surface area contributed by atoms with Gasteiger partial charge in [-0.25, -0.2) is 8.42 Å². The fourth-order valence-corrected chi connectivity index (χ4v) is 5.93. The number of hydrogen-bond donors (Lipinski definition) is 1. The van der Waals surface area contributed by atoms with Crippen molar-refractivity contribution in [2.45, 2.75) is 63.1 Å². The molecule has 7 nitrogen and oxygen atoms in total. The molecule has 2 fully saturated rings. The number of carbonyl (C=O) groups is 1. The smallest absolute Gasteiger partial charge is 0.243 e. The van der Waals surface area contributed by atoms with E-state index in [0.29, 0.717) is 44.0 Å². The molecule has 0 unspecified atom stereocenters. The quantitative estimate of drug-likeness (QED) is 0.632. The van der Waals surface area contributed by atoms with E-state index in [1.165, 1.54) is 0 Å². The van der Waals surface area contributed by atoms with Crippen molar-refractivity contribution in [2.75, 3.05) is 33.4 Å². The summed E-state index contributed by atoms with van der Waals surface area (Å²) in [5.41, 5.74) is 0.557. The third kappa shape index (κ3) is 4.42. The van der Waals surface area contributed by atoms with E-state index < -0.39 is 15.7 Å². The van der Waals surface area contributed by atoms with Gasteiger partial charge in [0.1, 0.15) is 0 Å². The van der Waals surface area contributed by atoms with E-state index in [4.69, 9.17) is 4.74 Å². The number of piperidine rings is 1. The van der Waals surface area contributed by atoms with Gasteiger partial charge in [0, 0.05) is 33.4 Å². The normalized spacial score (nSPS) is 23.3. The molecule has 2 aliphatic rings. The summed E-state index contributed by atoms with van der Waals surface area (Å²) < 4.78 is 32.9. The highest BCUT2D eigenvalue weighted by Gasteiger charge is 2.53. The van der Waals surface area contributed by atoms with Crippen molar-refractivity contribution in [1.82, 2.24) is 14.5 Å². The van der Waals surface area contributed by atoms with Crippen molar-refractivity contribution >= 4 is 15.9 Å². The summed E-state index contributed by atoms with van der Waals surface area (Å²) in [5, 5.41) is 3.62. The van der Waals surface area contributed by atoms with Gasteiger partial charge in [0.2, 0.25) is 15.9 Å². The molecule has 2 heterocycles. The summed E-state index contributed by atoms with van der Waals surface area (Å²) in [5.74, 6) is 0.367. The second-order valence-electron chi connectivity index (χ2n) is 8.59. The lowest BCUT2D eigenvalue weighted by Gasteiger charge is -2.44. The molecule has 1 aromatic rings. The van der Waals surface area contributed by atoms with Crippen LogP contribution in [0.1, 0.15) is 45.1 Å². The fourth-order valence-electron chi connectivity index (χ4n) is 4.49. The van der Waals surface area contributed by atoms with Crippen molar-refractivity contribution in [3.05, 3.63) is 29.8 Å². The van der Waals surface area contributed by atoms with Gasteiger partial charge in [-0.15, -0.1) is 0 Å². The Hall–Kier alpha value is -1.48. The average Bonchev–Trinajstić information content (AvgIpc) is 3.00. The summed E-state index contributed by atoms with van der Waals surface area (Å²) in [4.78, 5) is 15.5. The monoisotopic (exact) mass is 437 g/mol. The zero-order valence-electron chi connectivity index (χ0n) is 18.6. The largest absolute Gasteiger partial charge is 0.385 e. The molecular formula is C22H35N3O4S. The van der Waals surface area contributed by atoms with Gasteiger partial charge in [-0.1, -0.05) is 38.0 Å². The van der Waals surface area contributed by atoms with Gasteiger partial charge in [0.05, 0.1) is 16.6 Å². The fraction of sp³-hybridized carbons (Fsp3) is 0.682. The molecular weight excluding hydrogens is 402 g/mol. The first-order chi connectivity index (χ1) is 14.2. The van der Waals surface area contributed by atoms with Gasteiger partial charge in [-0.3, -0.25) is 10.1 Å². The van der Waals surface area contributed by atoms with E-state index in [0.717, 1.165) is 18.4 Å². The van der Waals surface area contributed by atoms with Crippen molar-refractivity contribution in [2.24, 2.45) is 5.92 Å². The molecule has 2 aliphatic heterocycles. The van der Waals surface area contributed by atoms with Crippen LogP contribution in [0.15, 0.2) is 29.2 Å². The molecule has 0 radical (unpaired) electrons. The first-order valence-electron chi connectivity index (χ1n) is 10.9. The van der Waals surface area contributed by atoms with Crippen LogP contribution < -0.4 is 5.32 Å². The molecule has 0 saturated carbocycles. The summed E-state index contributed by atoms with van der Waals surface area (Å²) in [6.45, 7) is 8.14. The number of benzene rings is 1. The van der Waals surface area contributed by atoms with Crippen molar-refractivity contribution < 1.29 is 17.9 Å². The molecule has 0 aliphatic carbocycles. The number of sulfonamides is 1. The first-order valence-corrected chi connectivity index (χ1v) is 12.3. The molecule has 2 atom stereocenters. The number of methoxy groups -OCH3 is 1. The summed E-state index contributed by atoms with van der Waals surface area (Å²) in [7, 11) is -1.87. The van der Waals surface area contributed by atoms with E-state index in [-0.39, 0.29) is 17.9 Å². The van der Waals surface area contributed by atoms with Crippen LogP contribution in [0.2, 0.25) is 0 Å². The Balaban J connectivity index is 1.77. The van der Waals surface area contributed by atoms with Crippen LogP contribution in [-0.2, 0) is 19.6 Å². The van der Waals surface area contributed by atoms with Crippen LogP contribution in [-0.4, -0.2) is 68.6 Å². The second kappa shape index (κ2) is 9.34. The minimum atomic E-state index is -3.53. The van der Waals surface area contributed by atoms with E-state index in [1.807, 2.05) is 24.0 Å². The number of hydrogen-bond acceptors (Lipinski definition) is 5. The van der Waals surface area contributed by atoms with E-state index >= 15 is 0 Å². The zero-order chi connectivity index (χ0) is 21.9. The van der Waals surface area contributed by atoms with Crippen LogP contribution in [0.25, 0.3) is 0 Å². The van der Waals surface area contributed by atoms with Crippen LogP contribution in [0, 0.1) is 12.8 Å². The lowest BCUT2D eigenvalue weighted by atomic mass is 9.96. The Morgan fingerprint density at radius 3 is 2.43 bits per heavy atom. The number of nitrogens with zero attached hydrogens (tertiary/aromatic N) is 2. The topological polar surface area (TPSA) is 79.0 Å². The lowest BCUT2D eigenvalue weighted by molar-refractivity contribution is -0.134. The standard InChI is InChI=1S/C22H35N3O4S/c1-5-18(3)20-21(26)25(13-6-16-29-4)22(23-20)11-14-24(15-12-22)30(27,28)19-9-7-17(2)8-10-19/h7-10,18,20,23H,5-6,11-16H2,1-4H3/t18-,20-/m1/s1. The Labute approximate surface area is 180 Å². The SMILES string of the molecule is CC[C@@H](C)[C@H]1NC2(CCN(S(=O)(=O)c3ccc(C)cc3)CC2)N(CCCOC)C1=O. The van der Waals surface area contributed by atoms with Gasteiger partial charge >= 0.3 is 0 Å². The molecule has 30 heavy (non-hydrogen) atoms. The molecule has 0 aromatic heterocycles. The maximum atomic E-state index is 13.2. The molecule has 2 saturated heterocycles. The van der Waals surface area contributed by atoms with Crippen LogP contribution in [0.5, 0.6) is 0 Å². The molecule has 1 spiro atoms. The minimum Gasteiger partial charge on any atom is -0.385 e. The minimum absolute atomic E-state index is 0.135. The van der Waals surface area contributed by atoms with E-state index in [2.05, 4.69) is 19.2 Å². The number of amides is 1. The maximum absolute atomic E-state index is 13.2. The van der Waals surface area contributed by atoms with Gasteiger partial charge in [-0.2, -0.15) is 4.31 Å². The van der Waals surface area contributed by atoms with Crippen molar-refractivity contribution in [3.8, 4) is 0 Å². The van der Waals surface area contributed by atoms with Gasteiger partial charge in [0.25, 0.3) is 0 Å². The first kappa shape index (κ1) is 23.2. The number of nitrogens with one attached hydrogen (secondary N) is 1. The molecule has 8 heteroatoms. The third-order valence-electron chi connectivity index (χ3n) is 6.62. The predicted molar refractivity (Wildman–Crippen MR) is 116 cm³/mol. The molecule has 1 N–H and O–H groups in total. The van der Waals surface area contributed by atoms with Gasteiger partial charge in [-0.05, 0) is 44.2 Å². The maximum Gasteiger partial charge on any atom is 0.243 e. The predicted octanol–water partition coefficient (Wildman–Crippen LogP) is 2.36. The summed E-state index contributed by atoms with van der Waals surface area (Å²) in [6.07, 6.45) is 2.86. The lowest BCUT2D eigenvalue weighted by Crippen LogP contribution is -2.59. The number of rotatable bonds is 8. The Kier molecular flexibility index (Phi) is 7.22. The summed E-state index contributed by atoms with van der Waals surface area (Å²) in [6, 6.07) is 6.77. The van der Waals surface area contributed by atoms with Crippen LogP contribution >= 0.6 is 0 Å². The van der Waals surface area contributed by atoms with Crippen LogP contribution in [0.4, 0.5) is 0 Å². The highest BCUT2D eigenvalue weighted by molar-refractivity contribution is 7.89. The Bertz CT molecular complexity index is 832. The highest BCUT2D eigenvalue weighted by atomic mass is 32.2. The molecule has 1 amide bonds. The molecule has 168 valence electrons. The van der Waals surface area contributed by atoms with Gasteiger partial charge < -0.3 is 9.64 Å². The van der Waals surface area contributed by atoms with Crippen molar-refractivity contribution in [3.63, 3.8) is 0 Å². The Morgan fingerprint density at radius 1 is 1.23 bits per heavy atom.